The van der Waals surface area contributed by atoms with E-state index in [0.29, 0.717) is 10.1 Å². The van der Waals surface area contributed by atoms with Gasteiger partial charge < -0.3 is 10.6 Å². The van der Waals surface area contributed by atoms with E-state index in [2.05, 4.69) is 25.8 Å². The lowest BCUT2D eigenvalue weighted by Gasteiger charge is -2.07. The molecule has 1 amide bonds. The van der Waals surface area contributed by atoms with E-state index in [9.17, 15) is 18.0 Å². The molecule has 0 saturated carbocycles. The van der Waals surface area contributed by atoms with Crippen molar-refractivity contribution in [3.8, 4) is 0 Å². The smallest absolute Gasteiger partial charge is 0.376 e. The van der Waals surface area contributed by atoms with Crippen molar-refractivity contribution in [3.63, 3.8) is 0 Å². The molecule has 0 aliphatic heterocycles. The number of carbonyl (C=O) groups is 1. The van der Waals surface area contributed by atoms with Gasteiger partial charge in [0.1, 0.15) is 0 Å². The molecule has 0 aliphatic rings. The van der Waals surface area contributed by atoms with E-state index in [0.717, 1.165) is 23.1 Å². The Morgan fingerprint density at radius 1 is 1.22 bits per heavy atom. The highest BCUT2D eigenvalue weighted by Crippen LogP contribution is 2.41. The van der Waals surface area contributed by atoms with Gasteiger partial charge in [0.2, 0.25) is 5.91 Å². The van der Waals surface area contributed by atoms with Crippen LogP contribution in [0.4, 0.5) is 24.0 Å². The third-order valence-electron chi connectivity index (χ3n) is 3.86. The summed E-state index contributed by atoms with van der Waals surface area (Å²) in [6.45, 7) is -0.0345. The van der Waals surface area contributed by atoms with Gasteiger partial charge in [0.05, 0.1) is 34.0 Å². The number of hydrogen-bond donors (Lipinski definition) is 3. The molecule has 0 fully saturated rings. The molecular weight excluding hydrogens is 379 g/mol. The van der Waals surface area contributed by atoms with E-state index >= 15 is 0 Å². The summed E-state index contributed by atoms with van der Waals surface area (Å²) in [5.41, 5.74) is -0.0420. The maximum atomic E-state index is 13.4. The Kier molecular flexibility index (Phi) is 4.19. The van der Waals surface area contributed by atoms with Crippen molar-refractivity contribution < 1.29 is 18.0 Å². The maximum absolute atomic E-state index is 13.4. The largest absolute Gasteiger partial charge is 0.418 e. The number of para-hydroxylation sites is 1. The molecule has 138 valence electrons. The first-order chi connectivity index (χ1) is 12.9. The zero-order valence-electron chi connectivity index (χ0n) is 13.6. The number of benzene rings is 2. The minimum Gasteiger partial charge on any atom is -0.376 e. The monoisotopic (exact) mass is 391 g/mol. The lowest BCUT2D eigenvalue weighted by Crippen LogP contribution is -2.21. The molecule has 2 aromatic heterocycles. The van der Waals surface area contributed by atoms with Gasteiger partial charge in [-0.2, -0.15) is 18.3 Å². The van der Waals surface area contributed by atoms with Crippen LogP contribution in [-0.4, -0.2) is 27.6 Å². The lowest BCUT2D eigenvalue weighted by molar-refractivity contribution is -0.136. The predicted octanol–water partition coefficient (Wildman–Crippen LogP) is 4.24. The summed E-state index contributed by atoms with van der Waals surface area (Å²) in [6.07, 6.45) is -3.12. The third-order valence-corrected chi connectivity index (χ3v) is 4.87. The molecule has 0 bridgehead atoms. The number of carbonyl (C=O) groups excluding carboxylic acids is 1. The van der Waals surface area contributed by atoms with Crippen molar-refractivity contribution in [1.82, 2.24) is 15.2 Å². The van der Waals surface area contributed by atoms with Crippen LogP contribution in [0.2, 0.25) is 0 Å². The second-order valence-electron chi connectivity index (χ2n) is 5.72. The van der Waals surface area contributed by atoms with Crippen molar-refractivity contribution in [2.24, 2.45) is 0 Å². The van der Waals surface area contributed by atoms with Crippen LogP contribution < -0.4 is 10.6 Å². The van der Waals surface area contributed by atoms with Crippen LogP contribution in [0.15, 0.2) is 42.6 Å². The molecule has 4 rings (SSSR count). The van der Waals surface area contributed by atoms with Gasteiger partial charge in [-0.15, -0.1) is 0 Å². The van der Waals surface area contributed by atoms with E-state index in [1.807, 2.05) is 18.2 Å². The van der Waals surface area contributed by atoms with Crippen molar-refractivity contribution in [1.29, 1.82) is 0 Å². The summed E-state index contributed by atoms with van der Waals surface area (Å²) in [4.78, 5) is 16.1. The van der Waals surface area contributed by atoms with E-state index in [1.165, 1.54) is 6.20 Å². The molecule has 2 aromatic carbocycles. The molecular formula is C17H12F3N5OS. The summed E-state index contributed by atoms with van der Waals surface area (Å²) in [5, 5.41) is 12.4. The second kappa shape index (κ2) is 6.54. The second-order valence-corrected chi connectivity index (χ2v) is 6.72. The molecule has 6 nitrogen and oxygen atoms in total. The summed E-state index contributed by atoms with van der Waals surface area (Å²) < 4.78 is 40.4. The number of fused-ring (bicyclic) bond motifs is 3. The molecule has 0 aliphatic carbocycles. The van der Waals surface area contributed by atoms with E-state index in [1.54, 1.807) is 12.1 Å². The topological polar surface area (TPSA) is 82.7 Å². The van der Waals surface area contributed by atoms with Gasteiger partial charge in [-0.25, -0.2) is 4.98 Å². The third kappa shape index (κ3) is 3.43. The number of alkyl halides is 3. The maximum Gasteiger partial charge on any atom is 0.418 e. The Morgan fingerprint density at radius 2 is 2.00 bits per heavy atom. The fraction of sp³-hybridized carbons (Fsp3) is 0.118. The number of aromatic nitrogens is 3. The van der Waals surface area contributed by atoms with Crippen molar-refractivity contribution in [2.45, 2.75) is 6.18 Å². The SMILES string of the molecule is O=C(CNc1ccccc1)Nc1nc2c(C(F)(F)F)cc3[nH]ncc3c2s1. The van der Waals surface area contributed by atoms with Crippen LogP contribution in [0.25, 0.3) is 21.1 Å². The first-order valence-corrected chi connectivity index (χ1v) is 8.66. The number of aromatic amines is 1. The van der Waals surface area contributed by atoms with Crippen molar-refractivity contribution >= 4 is 49.2 Å². The Labute approximate surface area is 154 Å². The molecule has 0 unspecified atom stereocenters. The number of nitrogens with one attached hydrogen (secondary N) is 3. The Balaban J connectivity index is 1.62. The molecule has 4 aromatic rings. The standard InChI is InChI=1S/C17H12F3N5OS/c18-17(19,20)11-6-12-10(7-22-25-12)15-14(11)24-16(27-15)23-13(26)8-21-9-4-2-1-3-5-9/h1-7,21H,8H2,(H,22,25)(H,23,24,26). The highest BCUT2D eigenvalue weighted by atomic mass is 32.1. The molecule has 0 saturated heterocycles. The van der Waals surface area contributed by atoms with Gasteiger partial charge >= 0.3 is 6.18 Å². The number of thiazole rings is 1. The molecule has 27 heavy (non-hydrogen) atoms. The number of nitrogens with zero attached hydrogens (tertiary/aromatic N) is 2. The first-order valence-electron chi connectivity index (χ1n) is 7.84. The fourth-order valence-electron chi connectivity index (χ4n) is 2.66. The Morgan fingerprint density at radius 3 is 2.74 bits per heavy atom. The summed E-state index contributed by atoms with van der Waals surface area (Å²) in [5.74, 6) is -0.407. The molecule has 0 radical (unpaired) electrons. The number of halogens is 3. The van der Waals surface area contributed by atoms with Gasteiger partial charge in [-0.1, -0.05) is 29.5 Å². The van der Waals surface area contributed by atoms with Crippen LogP contribution in [0.5, 0.6) is 0 Å². The number of hydrogen-bond acceptors (Lipinski definition) is 5. The molecule has 2 heterocycles. The van der Waals surface area contributed by atoms with E-state index in [-0.39, 0.29) is 22.7 Å². The molecule has 0 spiro atoms. The average Bonchev–Trinajstić information content (AvgIpc) is 3.25. The number of amides is 1. The summed E-state index contributed by atoms with van der Waals surface area (Å²) >= 11 is 0.981. The Hall–Kier alpha value is -3.14. The van der Waals surface area contributed by atoms with E-state index < -0.39 is 17.6 Å². The van der Waals surface area contributed by atoms with Gasteiger partial charge in [0.15, 0.2) is 5.13 Å². The van der Waals surface area contributed by atoms with Crippen LogP contribution in [0.3, 0.4) is 0 Å². The molecule has 10 heteroatoms. The normalized spacial score (nSPS) is 11.8. The average molecular weight is 391 g/mol. The Bertz CT molecular complexity index is 1120. The lowest BCUT2D eigenvalue weighted by atomic mass is 10.1. The van der Waals surface area contributed by atoms with E-state index in [4.69, 9.17) is 0 Å². The highest BCUT2D eigenvalue weighted by Gasteiger charge is 2.35. The van der Waals surface area contributed by atoms with Crippen molar-refractivity contribution in [2.75, 3.05) is 17.2 Å². The van der Waals surface area contributed by atoms with Crippen LogP contribution in [0, 0.1) is 0 Å². The molecule has 3 N–H and O–H groups in total. The van der Waals surface area contributed by atoms with Crippen molar-refractivity contribution in [3.05, 3.63) is 48.2 Å². The quantitative estimate of drug-likeness (QED) is 0.486. The van der Waals surface area contributed by atoms with Gasteiger partial charge in [-0.3, -0.25) is 9.89 Å². The predicted molar refractivity (Wildman–Crippen MR) is 97.8 cm³/mol. The zero-order valence-corrected chi connectivity index (χ0v) is 14.4. The zero-order chi connectivity index (χ0) is 19.0. The minimum atomic E-state index is -4.57. The van der Waals surface area contributed by atoms with Gasteiger partial charge in [-0.05, 0) is 18.2 Å². The number of anilines is 2. The summed E-state index contributed by atoms with van der Waals surface area (Å²) in [6, 6.07) is 10.1. The van der Waals surface area contributed by atoms with Gasteiger partial charge in [0.25, 0.3) is 0 Å². The fourth-order valence-corrected chi connectivity index (χ4v) is 3.68. The number of H-pyrrole nitrogens is 1. The molecule has 0 atom stereocenters. The van der Waals surface area contributed by atoms with Crippen LogP contribution >= 0.6 is 11.3 Å². The minimum absolute atomic E-state index is 0.0345. The van der Waals surface area contributed by atoms with Crippen LogP contribution in [0.1, 0.15) is 5.56 Å². The van der Waals surface area contributed by atoms with Crippen LogP contribution in [-0.2, 0) is 11.0 Å². The number of rotatable bonds is 4. The summed E-state index contributed by atoms with van der Waals surface area (Å²) in [7, 11) is 0. The van der Waals surface area contributed by atoms with Gasteiger partial charge in [0, 0.05) is 11.1 Å². The highest BCUT2D eigenvalue weighted by molar-refractivity contribution is 7.23. The first kappa shape index (κ1) is 17.3.